The number of unbranched alkanes of at least 4 members (excludes halogenated alkanes) is 25. The van der Waals surface area contributed by atoms with Crippen LogP contribution in [0.25, 0.3) is 0 Å². The van der Waals surface area contributed by atoms with E-state index in [-0.39, 0.29) is 6.61 Å². The molecule has 0 aliphatic rings. The highest BCUT2D eigenvalue weighted by Crippen LogP contribution is 2.14. The summed E-state index contributed by atoms with van der Waals surface area (Å²) in [7, 11) is 0. The molecular weight excluding hydrogens is 631 g/mol. The number of hydrogen-bond acceptors (Lipinski definition) is 4. The van der Waals surface area contributed by atoms with Crippen molar-refractivity contribution in [2.45, 2.75) is 231 Å². The van der Waals surface area contributed by atoms with Gasteiger partial charge in [0.2, 0.25) is 5.91 Å². The lowest BCUT2D eigenvalue weighted by molar-refractivity contribution is -0.131. The molecule has 0 heterocycles. The van der Waals surface area contributed by atoms with Crippen LogP contribution in [-0.2, 0) is 4.79 Å². The van der Waals surface area contributed by atoms with E-state index in [9.17, 15) is 20.1 Å². The van der Waals surface area contributed by atoms with E-state index in [0.29, 0.717) is 6.42 Å². The second-order valence-electron chi connectivity index (χ2n) is 14.9. The third kappa shape index (κ3) is 36.5. The first-order valence-corrected chi connectivity index (χ1v) is 22.0. The second kappa shape index (κ2) is 41.1. The number of carbonyl (C=O) groups excluding carboxylic acids is 1. The van der Waals surface area contributed by atoms with E-state index in [2.05, 4.69) is 55.6 Å². The van der Waals surface area contributed by atoms with Gasteiger partial charge in [-0.15, -0.1) is 0 Å². The number of carbonyl (C=O) groups is 1. The Morgan fingerprint density at radius 3 is 1.20 bits per heavy atom. The zero-order valence-electron chi connectivity index (χ0n) is 33.7. The minimum absolute atomic E-state index is 0.386. The first-order chi connectivity index (χ1) is 25.1. The third-order valence-electron chi connectivity index (χ3n) is 9.87. The van der Waals surface area contributed by atoms with Crippen molar-refractivity contribution in [3.63, 3.8) is 0 Å². The summed E-state index contributed by atoms with van der Waals surface area (Å²) in [4.78, 5) is 12.4. The Labute approximate surface area is 316 Å². The van der Waals surface area contributed by atoms with Crippen LogP contribution in [0, 0.1) is 0 Å². The molecule has 3 unspecified atom stereocenters. The molecule has 0 saturated carbocycles. The number of nitrogens with one attached hydrogen (secondary N) is 1. The van der Waals surface area contributed by atoms with E-state index in [4.69, 9.17) is 0 Å². The minimum Gasteiger partial charge on any atom is -0.394 e. The fourth-order valence-electron chi connectivity index (χ4n) is 6.39. The average molecular weight is 716 g/mol. The van der Waals surface area contributed by atoms with E-state index in [1.54, 1.807) is 6.08 Å². The molecular formula is C46H85NO4. The number of aliphatic hydroxyl groups excluding tert-OH is 3. The highest BCUT2D eigenvalue weighted by atomic mass is 16.3. The van der Waals surface area contributed by atoms with E-state index in [0.717, 1.165) is 57.8 Å². The molecule has 3 atom stereocenters. The minimum atomic E-state index is -1.12. The Kier molecular flexibility index (Phi) is 39.7. The summed E-state index contributed by atoms with van der Waals surface area (Å²) in [5.41, 5.74) is 0. The zero-order valence-corrected chi connectivity index (χ0v) is 33.7. The molecule has 0 fully saturated rings. The predicted octanol–water partition coefficient (Wildman–Crippen LogP) is 12.5. The van der Waals surface area contributed by atoms with Crippen LogP contribution in [0.3, 0.4) is 0 Å². The summed E-state index contributed by atoms with van der Waals surface area (Å²) in [6.45, 7) is 4.15. The van der Waals surface area contributed by atoms with E-state index < -0.39 is 24.2 Å². The van der Waals surface area contributed by atoms with Gasteiger partial charge in [0.15, 0.2) is 0 Å². The van der Waals surface area contributed by atoms with Gasteiger partial charge >= 0.3 is 0 Å². The third-order valence-corrected chi connectivity index (χ3v) is 9.87. The average Bonchev–Trinajstić information content (AvgIpc) is 3.13. The van der Waals surface area contributed by atoms with Crippen LogP contribution in [0.15, 0.2) is 48.6 Å². The fourth-order valence-corrected chi connectivity index (χ4v) is 6.39. The topological polar surface area (TPSA) is 89.8 Å². The van der Waals surface area contributed by atoms with Gasteiger partial charge in [0.25, 0.3) is 0 Å². The van der Waals surface area contributed by atoms with Crippen molar-refractivity contribution < 1.29 is 20.1 Å². The Morgan fingerprint density at radius 2 is 0.804 bits per heavy atom. The van der Waals surface area contributed by atoms with Crippen molar-refractivity contribution in [1.29, 1.82) is 0 Å². The maximum absolute atomic E-state index is 12.4. The normalized spacial score (nSPS) is 14.1. The SMILES string of the molecule is CCCCCCCCC/C=C\CCCCCCC(O)C(=O)NC(CO)C(O)/C=C/CC/C=C/CC/C=C/CCCCCCCCCCCCCC. The van der Waals surface area contributed by atoms with Crippen LogP contribution in [0.2, 0.25) is 0 Å². The maximum atomic E-state index is 12.4. The molecule has 298 valence electrons. The van der Waals surface area contributed by atoms with Gasteiger partial charge in [-0.25, -0.2) is 0 Å². The summed E-state index contributed by atoms with van der Waals surface area (Å²) < 4.78 is 0. The first kappa shape index (κ1) is 49.3. The Bertz CT molecular complexity index is 835. The largest absolute Gasteiger partial charge is 0.394 e. The molecule has 4 N–H and O–H groups in total. The quantitative estimate of drug-likeness (QED) is 0.0377. The first-order valence-electron chi connectivity index (χ1n) is 22.0. The van der Waals surface area contributed by atoms with Crippen molar-refractivity contribution in [2.24, 2.45) is 0 Å². The van der Waals surface area contributed by atoms with Gasteiger partial charge in [-0.2, -0.15) is 0 Å². The molecule has 0 spiro atoms. The second-order valence-corrected chi connectivity index (χ2v) is 14.9. The molecule has 5 nitrogen and oxygen atoms in total. The van der Waals surface area contributed by atoms with Crippen LogP contribution in [0.5, 0.6) is 0 Å². The van der Waals surface area contributed by atoms with E-state index in [1.807, 2.05) is 6.08 Å². The Balaban J connectivity index is 3.77. The number of amides is 1. The fraction of sp³-hybridized carbons (Fsp3) is 0.804. The summed E-state index contributed by atoms with van der Waals surface area (Å²) in [6, 6.07) is -0.825. The highest BCUT2D eigenvalue weighted by molar-refractivity contribution is 5.80. The standard InChI is InChI=1S/C46H85NO4/c1-3-5-7-9-11-13-15-17-19-20-21-22-23-24-25-27-28-30-32-34-36-38-40-44(49)43(42-48)47-46(51)45(50)41-39-37-35-33-31-29-26-18-16-14-12-10-8-6-4-2/h24-26,29-30,32,38,40,43-45,48-50H,3-23,27-28,31,33-37,39,41-42H2,1-2H3,(H,47,51)/b25-24+,29-26-,32-30+,40-38+. The van der Waals surface area contributed by atoms with Gasteiger partial charge in [-0.05, 0) is 70.6 Å². The number of hydrogen-bond donors (Lipinski definition) is 4. The van der Waals surface area contributed by atoms with Crippen LogP contribution >= 0.6 is 0 Å². The summed E-state index contributed by atoms with van der Waals surface area (Å²) >= 11 is 0. The Morgan fingerprint density at radius 1 is 0.471 bits per heavy atom. The number of allylic oxidation sites excluding steroid dienone is 7. The van der Waals surface area contributed by atoms with Crippen LogP contribution in [0.4, 0.5) is 0 Å². The molecule has 51 heavy (non-hydrogen) atoms. The molecule has 0 aromatic carbocycles. The monoisotopic (exact) mass is 716 g/mol. The lowest BCUT2D eigenvalue weighted by atomic mass is 10.0. The van der Waals surface area contributed by atoms with Crippen molar-refractivity contribution in [3.8, 4) is 0 Å². The molecule has 0 aliphatic heterocycles. The van der Waals surface area contributed by atoms with Crippen molar-refractivity contribution >= 4 is 5.91 Å². The van der Waals surface area contributed by atoms with Gasteiger partial charge in [-0.3, -0.25) is 4.79 Å². The van der Waals surface area contributed by atoms with Gasteiger partial charge < -0.3 is 20.6 Å². The Hall–Kier alpha value is -1.69. The van der Waals surface area contributed by atoms with Crippen LogP contribution in [0.1, 0.15) is 213 Å². The molecule has 0 aromatic heterocycles. The van der Waals surface area contributed by atoms with E-state index in [1.165, 1.54) is 135 Å². The van der Waals surface area contributed by atoms with Gasteiger partial charge in [0.05, 0.1) is 18.8 Å². The molecule has 0 saturated heterocycles. The predicted molar refractivity (Wildman–Crippen MR) is 222 cm³/mol. The van der Waals surface area contributed by atoms with Crippen LogP contribution < -0.4 is 5.32 Å². The molecule has 0 aliphatic carbocycles. The van der Waals surface area contributed by atoms with Gasteiger partial charge in [0, 0.05) is 0 Å². The molecule has 0 rings (SSSR count). The van der Waals surface area contributed by atoms with Gasteiger partial charge in [0.1, 0.15) is 6.10 Å². The molecule has 0 bridgehead atoms. The molecule has 5 heteroatoms. The lowest BCUT2D eigenvalue weighted by Crippen LogP contribution is -2.48. The zero-order chi connectivity index (χ0) is 37.3. The number of rotatable bonds is 39. The van der Waals surface area contributed by atoms with Crippen molar-refractivity contribution in [1.82, 2.24) is 5.32 Å². The molecule has 0 aromatic rings. The van der Waals surface area contributed by atoms with Gasteiger partial charge in [-0.1, -0.05) is 191 Å². The lowest BCUT2D eigenvalue weighted by Gasteiger charge is -2.21. The summed E-state index contributed by atoms with van der Waals surface area (Å²) in [5.74, 6) is -0.527. The van der Waals surface area contributed by atoms with Crippen LogP contribution in [-0.4, -0.2) is 46.1 Å². The number of aliphatic hydroxyl groups is 3. The summed E-state index contributed by atoms with van der Waals surface area (Å²) in [6.07, 6.45) is 52.9. The van der Waals surface area contributed by atoms with E-state index >= 15 is 0 Å². The smallest absolute Gasteiger partial charge is 0.249 e. The summed E-state index contributed by atoms with van der Waals surface area (Å²) in [5, 5.41) is 33.1. The molecule has 1 amide bonds. The highest BCUT2D eigenvalue weighted by Gasteiger charge is 2.22. The maximum Gasteiger partial charge on any atom is 0.249 e. The van der Waals surface area contributed by atoms with Crippen molar-refractivity contribution in [2.75, 3.05) is 6.61 Å². The molecule has 0 radical (unpaired) electrons. The van der Waals surface area contributed by atoms with Crippen molar-refractivity contribution in [3.05, 3.63) is 48.6 Å².